The summed E-state index contributed by atoms with van der Waals surface area (Å²) >= 11 is 0. The molecular weight excluding hydrogens is 360 g/mol. The maximum Gasteiger partial charge on any atom is 0.208 e. The minimum absolute atomic E-state index is 0.000598. The van der Waals surface area contributed by atoms with Crippen LogP contribution in [0.4, 0.5) is 0 Å². The quantitative estimate of drug-likeness (QED) is 0.780. The molecule has 27 heavy (non-hydrogen) atoms. The highest BCUT2D eigenvalue weighted by Crippen LogP contribution is 2.86. The molecule has 146 valence electrons. The second-order valence-electron chi connectivity index (χ2n) is 9.88. The first-order valence-electron chi connectivity index (χ1n) is 10.3. The zero-order valence-corrected chi connectivity index (χ0v) is 16.8. The van der Waals surface area contributed by atoms with Gasteiger partial charge in [-0.25, -0.2) is 13.1 Å². The van der Waals surface area contributed by atoms with Gasteiger partial charge in [-0.05, 0) is 66.7 Å². The molecule has 1 spiro atoms. The topological polar surface area (TPSA) is 69.6 Å². The monoisotopic (exact) mass is 388 g/mol. The number of likely N-dealkylation sites (tertiary alicyclic amines) is 1. The van der Waals surface area contributed by atoms with Crippen molar-refractivity contribution in [2.24, 2.45) is 23.2 Å². The average Bonchev–Trinajstić information content (AvgIpc) is 3.46. The van der Waals surface area contributed by atoms with Crippen LogP contribution in [0, 0.1) is 23.2 Å². The van der Waals surface area contributed by atoms with Gasteiger partial charge in [0, 0.05) is 36.0 Å². The van der Waals surface area contributed by atoms with Gasteiger partial charge in [-0.15, -0.1) is 0 Å². The molecule has 4 aliphatic carbocycles. The minimum atomic E-state index is -3.19. The summed E-state index contributed by atoms with van der Waals surface area (Å²) in [7, 11) is -3.19. The number of nitrogens with zero attached hydrogens (tertiary/aromatic N) is 1. The van der Waals surface area contributed by atoms with E-state index in [1.807, 2.05) is 12.1 Å². The SMILES string of the molecule is C[C@H]1[C@@H]2N(CC3CC3)C3C4C32Cc2ccc(O)cc2[C@]41CCNS(C)(=O)=O. The molecule has 2 N–H and O–H groups in total. The lowest BCUT2D eigenvalue weighted by Gasteiger charge is -2.53. The molecule has 3 saturated carbocycles. The van der Waals surface area contributed by atoms with Crippen molar-refractivity contribution in [3.63, 3.8) is 0 Å². The highest BCUT2D eigenvalue weighted by Gasteiger charge is 2.92. The van der Waals surface area contributed by atoms with Crippen LogP contribution in [-0.2, 0) is 21.9 Å². The first-order valence-corrected chi connectivity index (χ1v) is 12.2. The normalized spacial score (nSPS) is 43.8. The maximum atomic E-state index is 11.6. The van der Waals surface area contributed by atoms with E-state index >= 15 is 0 Å². The van der Waals surface area contributed by atoms with Crippen LogP contribution >= 0.6 is 0 Å². The third-order valence-corrected chi connectivity index (χ3v) is 9.33. The molecule has 1 aromatic carbocycles. The van der Waals surface area contributed by atoms with Crippen LogP contribution in [0.1, 0.15) is 37.3 Å². The standard InChI is InChI=1S/C21H28N2O3S/c1-12-18-21-10-14-5-6-15(24)9-16(14)20(12,7-8-22-27(2,25)26)17(21)19(21)23(18)11-13-3-4-13/h5-6,9,12-13,17-19,22,24H,3-4,7-8,10-11H2,1-2H3/t12-,17?,18-,19?,20+,21?/m0/s1. The van der Waals surface area contributed by atoms with Crippen LogP contribution in [0.3, 0.4) is 0 Å². The summed E-state index contributed by atoms with van der Waals surface area (Å²) in [6, 6.07) is 7.21. The van der Waals surface area contributed by atoms with Gasteiger partial charge < -0.3 is 5.11 Å². The number of hydrogen-bond donors (Lipinski definition) is 2. The van der Waals surface area contributed by atoms with Crippen molar-refractivity contribution < 1.29 is 13.5 Å². The Morgan fingerprint density at radius 1 is 1.30 bits per heavy atom. The highest BCUT2D eigenvalue weighted by atomic mass is 32.2. The summed E-state index contributed by atoms with van der Waals surface area (Å²) in [6.45, 7) is 4.12. The van der Waals surface area contributed by atoms with Gasteiger partial charge in [0.25, 0.3) is 0 Å². The van der Waals surface area contributed by atoms with Gasteiger partial charge in [-0.2, -0.15) is 0 Å². The number of aromatic hydroxyl groups is 1. The number of benzene rings is 1. The van der Waals surface area contributed by atoms with E-state index in [1.165, 1.54) is 36.8 Å². The van der Waals surface area contributed by atoms with Gasteiger partial charge in [0.15, 0.2) is 0 Å². The molecule has 6 rings (SSSR count). The van der Waals surface area contributed by atoms with Crippen LogP contribution < -0.4 is 4.72 Å². The molecule has 5 nitrogen and oxygen atoms in total. The van der Waals surface area contributed by atoms with E-state index in [1.54, 1.807) is 0 Å². The molecule has 2 bridgehead atoms. The van der Waals surface area contributed by atoms with Crippen LogP contribution in [0.25, 0.3) is 0 Å². The highest BCUT2D eigenvalue weighted by molar-refractivity contribution is 7.88. The number of hydrogen-bond acceptors (Lipinski definition) is 4. The van der Waals surface area contributed by atoms with E-state index in [-0.39, 0.29) is 5.41 Å². The smallest absolute Gasteiger partial charge is 0.208 e. The van der Waals surface area contributed by atoms with E-state index in [9.17, 15) is 13.5 Å². The average molecular weight is 389 g/mol. The van der Waals surface area contributed by atoms with Crippen molar-refractivity contribution in [2.45, 2.75) is 50.1 Å². The summed E-state index contributed by atoms with van der Waals surface area (Å²) in [5.74, 6) is 2.36. The van der Waals surface area contributed by atoms with Crippen LogP contribution in [0.5, 0.6) is 5.75 Å². The number of sulfonamides is 1. The second-order valence-corrected chi connectivity index (χ2v) is 11.7. The molecule has 6 heteroatoms. The summed E-state index contributed by atoms with van der Waals surface area (Å²) in [6.07, 6.45) is 5.97. The Hall–Kier alpha value is -1.11. The first kappa shape index (κ1) is 16.8. The molecule has 1 aromatic rings. The Morgan fingerprint density at radius 3 is 2.78 bits per heavy atom. The minimum Gasteiger partial charge on any atom is -0.508 e. The lowest BCUT2D eigenvalue weighted by atomic mass is 9.63. The molecule has 1 heterocycles. The zero-order valence-electron chi connectivity index (χ0n) is 16.0. The van der Waals surface area contributed by atoms with Crippen molar-refractivity contribution in [1.82, 2.24) is 9.62 Å². The predicted molar refractivity (Wildman–Crippen MR) is 103 cm³/mol. The van der Waals surface area contributed by atoms with E-state index in [4.69, 9.17) is 0 Å². The number of rotatable bonds is 6. The van der Waals surface area contributed by atoms with Crippen LogP contribution in [0.15, 0.2) is 18.2 Å². The van der Waals surface area contributed by atoms with E-state index < -0.39 is 10.0 Å². The zero-order chi connectivity index (χ0) is 18.8. The molecule has 1 aliphatic heterocycles. The second kappa shape index (κ2) is 4.89. The number of fused-ring (bicyclic) bond motifs is 2. The third-order valence-electron chi connectivity index (χ3n) is 8.60. The lowest BCUT2D eigenvalue weighted by Crippen LogP contribution is -2.62. The molecule has 6 atom stereocenters. The van der Waals surface area contributed by atoms with Crippen molar-refractivity contribution in [3.8, 4) is 5.75 Å². The van der Waals surface area contributed by atoms with E-state index in [2.05, 4.69) is 22.6 Å². The molecule has 5 aliphatic rings. The third kappa shape index (κ3) is 1.94. The molecular formula is C21H28N2O3S. The molecule has 0 amide bonds. The largest absolute Gasteiger partial charge is 0.508 e. The molecule has 1 saturated heterocycles. The number of nitrogens with one attached hydrogen (secondary N) is 1. The summed E-state index contributed by atoms with van der Waals surface area (Å²) in [5, 5.41) is 10.2. The fourth-order valence-electron chi connectivity index (χ4n) is 7.78. The first-order chi connectivity index (χ1) is 12.8. The Balaban J connectivity index is 1.40. The predicted octanol–water partition coefficient (Wildman–Crippen LogP) is 1.85. The van der Waals surface area contributed by atoms with Crippen molar-refractivity contribution >= 4 is 10.0 Å². The van der Waals surface area contributed by atoms with Crippen molar-refractivity contribution in [2.75, 3.05) is 19.3 Å². The summed E-state index contributed by atoms with van der Waals surface area (Å²) in [5.41, 5.74) is 3.09. The number of piperidine rings is 1. The van der Waals surface area contributed by atoms with Gasteiger partial charge >= 0.3 is 0 Å². The van der Waals surface area contributed by atoms with Gasteiger partial charge in [0.05, 0.1) is 6.26 Å². The molecule has 4 fully saturated rings. The fourth-order valence-corrected chi connectivity index (χ4v) is 8.25. The van der Waals surface area contributed by atoms with Gasteiger partial charge in [0.2, 0.25) is 10.0 Å². The van der Waals surface area contributed by atoms with Gasteiger partial charge in [-0.1, -0.05) is 13.0 Å². The van der Waals surface area contributed by atoms with Gasteiger partial charge in [0.1, 0.15) is 5.75 Å². The maximum absolute atomic E-state index is 11.6. The Morgan fingerprint density at radius 2 is 2.07 bits per heavy atom. The Bertz CT molecular complexity index is 943. The van der Waals surface area contributed by atoms with Crippen molar-refractivity contribution in [1.29, 1.82) is 0 Å². The molecule has 0 aromatic heterocycles. The van der Waals surface area contributed by atoms with E-state index in [0.717, 1.165) is 18.8 Å². The summed E-state index contributed by atoms with van der Waals surface area (Å²) in [4.78, 5) is 2.79. The summed E-state index contributed by atoms with van der Waals surface area (Å²) < 4.78 is 26.0. The van der Waals surface area contributed by atoms with Gasteiger partial charge in [-0.3, -0.25) is 4.90 Å². The molecule has 3 unspecified atom stereocenters. The lowest BCUT2D eigenvalue weighted by molar-refractivity contribution is -0.0378. The van der Waals surface area contributed by atoms with Crippen LogP contribution in [-0.4, -0.2) is 49.9 Å². The Kier molecular flexibility index (Phi) is 3.05. The van der Waals surface area contributed by atoms with E-state index in [0.29, 0.717) is 41.6 Å². The number of phenolic OH excluding ortho intramolecular Hbond substituents is 1. The number of phenols is 1. The molecule has 0 radical (unpaired) electrons. The van der Waals surface area contributed by atoms with Crippen LogP contribution in [0.2, 0.25) is 0 Å². The van der Waals surface area contributed by atoms with Crippen molar-refractivity contribution in [3.05, 3.63) is 29.3 Å². The fraction of sp³-hybridized carbons (Fsp3) is 0.714. The Labute approximate surface area is 161 Å².